The van der Waals surface area contributed by atoms with E-state index in [-0.39, 0.29) is 66.7 Å². The molecule has 2 aliphatic rings. The quantitative estimate of drug-likeness (QED) is 0.304. The van der Waals surface area contributed by atoms with Gasteiger partial charge in [-0.15, -0.1) is 10.2 Å². The zero-order chi connectivity index (χ0) is 23.1. The number of aliphatic hydroxyl groups excluding tert-OH is 1. The number of hydrogen-bond donors (Lipinski definition) is 5. The first-order chi connectivity index (χ1) is 15.1. The number of sulfonamides is 1. The molecule has 2 atom stereocenters. The highest BCUT2D eigenvalue weighted by Crippen LogP contribution is 2.44. The number of alkyl halides is 1. The number of hydrogen-bond acceptors (Lipinski definition) is 10. The van der Waals surface area contributed by atoms with Crippen molar-refractivity contribution in [1.29, 1.82) is 0 Å². The summed E-state index contributed by atoms with van der Waals surface area (Å²) in [6.07, 6.45) is -0.708. The van der Waals surface area contributed by atoms with Gasteiger partial charge in [-0.25, -0.2) is 13.3 Å². The minimum absolute atomic E-state index is 0.0304. The predicted octanol–water partition coefficient (Wildman–Crippen LogP) is -1.51. The highest BCUT2D eigenvalue weighted by molar-refractivity contribution is 8.05. The number of aliphatic hydroxyl groups is 1. The van der Waals surface area contributed by atoms with E-state index < -0.39 is 31.7 Å². The monoisotopic (exact) mass is 489 g/mol. The molecule has 1 fully saturated rings. The minimum atomic E-state index is -4.38. The van der Waals surface area contributed by atoms with Crippen molar-refractivity contribution in [3.05, 3.63) is 12.1 Å². The molecular weight excluding hydrogens is 465 g/mol. The summed E-state index contributed by atoms with van der Waals surface area (Å²) >= 11 is 0. The van der Waals surface area contributed by atoms with E-state index in [1.807, 2.05) is 0 Å². The van der Waals surface area contributed by atoms with Crippen LogP contribution in [0.25, 0.3) is 11.4 Å². The van der Waals surface area contributed by atoms with Gasteiger partial charge in [0.05, 0.1) is 16.6 Å². The second-order valence-corrected chi connectivity index (χ2v) is 11.4. The molecule has 13 nitrogen and oxygen atoms in total. The van der Waals surface area contributed by atoms with Gasteiger partial charge in [-0.3, -0.25) is 0 Å². The van der Waals surface area contributed by atoms with E-state index in [9.17, 15) is 22.1 Å². The number of anilines is 1. The van der Waals surface area contributed by atoms with E-state index in [4.69, 9.17) is 11.5 Å². The summed E-state index contributed by atoms with van der Waals surface area (Å²) < 4.78 is 60.2. The minimum Gasteiger partial charge on any atom is -0.390 e. The lowest BCUT2D eigenvalue weighted by Crippen LogP contribution is -2.46. The summed E-state index contributed by atoms with van der Waals surface area (Å²) in [6.45, 7) is 0.133. The maximum absolute atomic E-state index is 14.6. The number of nitrogens with one attached hydrogen (secondary N) is 2. The van der Waals surface area contributed by atoms with Crippen molar-refractivity contribution >= 4 is 25.6 Å². The standard InChI is InChI=1S/C16H24FN9O4S2/c17-16(9-19)3-5-26(6-4-16)11-1-2-12-14(13(11)15-21-23-24-22-15)32(29,30)25-31(12,28)20-8-10(27)7-18/h1-2,10,27H,3-9,18-19H2,(H,20,25,28)(H,21,22,23,24)/t10-,31?/m1/s1. The van der Waals surface area contributed by atoms with E-state index in [2.05, 4.69) is 29.1 Å². The number of nitrogens with zero attached hydrogens (tertiary/aromatic N) is 5. The van der Waals surface area contributed by atoms with Crippen LogP contribution in [-0.4, -0.2) is 82.9 Å². The van der Waals surface area contributed by atoms with Crippen molar-refractivity contribution in [2.45, 2.75) is 34.4 Å². The van der Waals surface area contributed by atoms with Gasteiger partial charge >= 0.3 is 0 Å². The fourth-order valence-corrected chi connectivity index (χ4v) is 8.29. The van der Waals surface area contributed by atoms with Crippen LogP contribution in [0.15, 0.2) is 25.7 Å². The fraction of sp³-hybridized carbons (Fsp3) is 0.562. The van der Waals surface area contributed by atoms with Crippen LogP contribution in [0, 0.1) is 0 Å². The highest BCUT2D eigenvalue weighted by Gasteiger charge is 2.41. The number of halogens is 1. The number of nitrogens with two attached hydrogens (primary N) is 2. The van der Waals surface area contributed by atoms with Crippen LogP contribution in [0.2, 0.25) is 0 Å². The molecule has 0 aliphatic carbocycles. The number of aromatic nitrogens is 4. The summed E-state index contributed by atoms with van der Waals surface area (Å²) in [5, 5.41) is 23.3. The lowest BCUT2D eigenvalue weighted by Gasteiger charge is -2.37. The molecule has 0 saturated carbocycles. The molecule has 0 amide bonds. The number of rotatable bonds is 7. The SMILES string of the molecule is NC[C@@H](O)CNS1(=O)=NS(=O)(=O)c2c1ccc(N1CCC(F)(CN)CC1)c2-c1nn[nH]n1. The van der Waals surface area contributed by atoms with Crippen molar-refractivity contribution in [2.24, 2.45) is 15.2 Å². The molecule has 0 radical (unpaired) electrons. The van der Waals surface area contributed by atoms with Gasteiger partial charge in [-0.1, -0.05) is 3.77 Å². The normalized spacial score (nSPS) is 24.7. The molecule has 1 saturated heterocycles. The van der Waals surface area contributed by atoms with E-state index in [0.717, 1.165) is 0 Å². The van der Waals surface area contributed by atoms with Gasteiger partial charge in [0.15, 0.2) is 9.92 Å². The van der Waals surface area contributed by atoms with Gasteiger partial charge < -0.3 is 21.5 Å². The Labute approximate surface area is 184 Å². The van der Waals surface area contributed by atoms with Crippen LogP contribution in [0.5, 0.6) is 0 Å². The van der Waals surface area contributed by atoms with E-state index in [1.54, 1.807) is 11.0 Å². The van der Waals surface area contributed by atoms with Crippen molar-refractivity contribution in [2.75, 3.05) is 37.6 Å². The Morgan fingerprint density at radius 3 is 2.59 bits per heavy atom. The summed E-state index contributed by atoms with van der Waals surface area (Å²) in [4.78, 5) is 1.41. The van der Waals surface area contributed by atoms with Crippen LogP contribution in [-0.2, 0) is 19.9 Å². The number of benzene rings is 1. The molecule has 1 aromatic carbocycles. The Hall–Kier alpha value is -2.24. The van der Waals surface area contributed by atoms with Crippen LogP contribution in [0.3, 0.4) is 0 Å². The van der Waals surface area contributed by atoms with Gasteiger partial charge in [0.25, 0.3) is 10.0 Å². The predicted molar refractivity (Wildman–Crippen MR) is 113 cm³/mol. The molecule has 0 bridgehead atoms. The number of H-pyrrole nitrogens is 1. The Morgan fingerprint density at radius 2 is 2.00 bits per heavy atom. The third-order valence-electron chi connectivity index (χ3n) is 5.58. The fourth-order valence-electron chi connectivity index (χ4n) is 3.74. The zero-order valence-electron chi connectivity index (χ0n) is 16.9. The summed E-state index contributed by atoms with van der Waals surface area (Å²) in [5.41, 5.74) is 9.93. The lowest BCUT2D eigenvalue weighted by molar-refractivity contribution is 0.135. The topological polar surface area (TPSA) is 206 Å². The van der Waals surface area contributed by atoms with Crippen LogP contribution >= 0.6 is 0 Å². The summed E-state index contributed by atoms with van der Waals surface area (Å²) in [5.74, 6) is -0.0304. The second kappa shape index (κ2) is 8.27. The first-order valence-corrected chi connectivity index (χ1v) is 12.8. The smallest absolute Gasteiger partial charge is 0.293 e. The number of fused-ring (bicyclic) bond motifs is 1. The third kappa shape index (κ3) is 3.97. The second-order valence-electron chi connectivity index (χ2n) is 7.68. The molecule has 2 aliphatic heterocycles. The van der Waals surface area contributed by atoms with Crippen molar-refractivity contribution < 1.29 is 22.1 Å². The molecular formula is C16H24FN9O4S2. The van der Waals surface area contributed by atoms with Crippen LogP contribution in [0.1, 0.15) is 12.8 Å². The molecule has 32 heavy (non-hydrogen) atoms. The molecule has 3 heterocycles. The Kier molecular flexibility index (Phi) is 5.93. The average Bonchev–Trinajstić information content (AvgIpc) is 3.37. The molecule has 16 heteroatoms. The largest absolute Gasteiger partial charge is 0.390 e. The van der Waals surface area contributed by atoms with E-state index >= 15 is 0 Å². The molecule has 4 rings (SSSR count). The molecule has 1 unspecified atom stereocenters. The highest BCUT2D eigenvalue weighted by atomic mass is 32.3. The van der Waals surface area contributed by atoms with E-state index in [1.165, 1.54) is 6.07 Å². The van der Waals surface area contributed by atoms with Crippen LogP contribution in [0.4, 0.5) is 10.1 Å². The zero-order valence-corrected chi connectivity index (χ0v) is 18.6. The van der Waals surface area contributed by atoms with Gasteiger partial charge in [0.1, 0.15) is 10.6 Å². The molecule has 0 spiro atoms. The number of piperidine rings is 1. The van der Waals surface area contributed by atoms with Gasteiger partial charge in [0, 0.05) is 51.3 Å². The van der Waals surface area contributed by atoms with Gasteiger partial charge in [-0.2, -0.15) is 13.6 Å². The first kappa shape index (κ1) is 22.9. The van der Waals surface area contributed by atoms with Crippen molar-refractivity contribution in [3.63, 3.8) is 0 Å². The maximum Gasteiger partial charge on any atom is 0.293 e. The number of aromatic amines is 1. The van der Waals surface area contributed by atoms with Crippen molar-refractivity contribution in [3.8, 4) is 11.4 Å². The maximum atomic E-state index is 14.6. The van der Waals surface area contributed by atoms with Crippen molar-refractivity contribution in [1.82, 2.24) is 25.3 Å². The van der Waals surface area contributed by atoms with Gasteiger partial charge in [-0.05, 0) is 17.3 Å². The Bertz CT molecular complexity index is 1220. The summed E-state index contributed by atoms with van der Waals surface area (Å²) in [7, 11) is -8.00. The number of tetrazole rings is 1. The molecule has 7 N–H and O–H groups in total. The molecule has 2 aromatic rings. The average molecular weight is 490 g/mol. The molecule has 176 valence electrons. The Balaban J connectivity index is 1.83. The lowest BCUT2D eigenvalue weighted by atomic mass is 9.93. The third-order valence-corrected chi connectivity index (χ3v) is 9.77. The van der Waals surface area contributed by atoms with Gasteiger partial charge in [0.2, 0.25) is 5.82 Å². The first-order valence-electron chi connectivity index (χ1n) is 9.83. The molecule has 1 aromatic heterocycles. The summed E-state index contributed by atoms with van der Waals surface area (Å²) in [6, 6.07) is 2.97. The van der Waals surface area contributed by atoms with Crippen LogP contribution < -0.4 is 21.1 Å². The van der Waals surface area contributed by atoms with E-state index in [0.29, 0.717) is 5.69 Å². The Morgan fingerprint density at radius 1 is 1.28 bits per heavy atom.